The average molecular weight is 371 g/mol. The molecule has 4 nitrogen and oxygen atoms in total. The van der Waals surface area contributed by atoms with Gasteiger partial charge < -0.3 is 0 Å². The number of benzene rings is 1. The van der Waals surface area contributed by atoms with Gasteiger partial charge in [-0.3, -0.25) is 9.88 Å². The van der Waals surface area contributed by atoms with Crippen molar-refractivity contribution in [1.82, 2.24) is 19.9 Å². The van der Waals surface area contributed by atoms with E-state index in [2.05, 4.69) is 51.4 Å². The highest BCUT2D eigenvalue weighted by molar-refractivity contribution is 5.59. The highest BCUT2D eigenvalue weighted by Crippen LogP contribution is 2.44. The van der Waals surface area contributed by atoms with E-state index in [1.807, 2.05) is 25.3 Å². The molecule has 2 aromatic heterocycles. The Morgan fingerprint density at radius 2 is 1.93 bits per heavy atom. The summed E-state index contributed by atoms with van der Waals surface area (Å²) in [6, 6.07) is 14.9. The van der Waals surface area contributed by atoms with Gasteiger partial charge in [0, 0.05) is 36.5 Å². The van der Waals surface area contributed by atoms with Crippen molar-refractivity contribution in [3.8, 4) is 11.3 Å². The predicted molar refractivity (Wildman–Crippen MR) is 111 cm³/mol. The Hall–Kier alpha value is -2.59. The van der Waals surface area contributed by atoms with Crippen molar-refractivity contribution in [3.63, 3.8) is 0 Å². The fourth-order valence-electron chi connectivity index (χ4n) is 4.96. The van der Waals surface area contributed by atoms with Crippen LogP contribution in [-0.2, 0) is 18.4 Å². The van der Waals surface area contributed by atoms with E-state index >= 15 is 0 Å². The molecule has 0 bridgehead atoms. The largest absolute Gasteiger partial charge is 0.298 e. The molecule has 1 aliphatic carbocycles. The number of aromatic nitrogens is 3. The normalized spacial score (nSPS) is 21.8. The number of nitrogens with zero attached hydrogens (tertiary/aromatic N) is 4. The smallest absolute Gasteiger partial charge is 0.125 e. The van der Waals surface area contributed by atoms with E-state index in [1.165, 1.54) is 48.2 Å². The minimum absolute atomic E-state index is 0.231. The summed E-state index contributed by atoms with van der Waals surface area (Å²) >= 11 is 0. The Morgan fingerprint density at radius 3 is 2.75 bits per heavy atom. The summed E-state index contributed by atoms with van der Waals surface area (Å²) in [5, 5.41) is 0. The van der Waals surface area contributed by atoms with Gasteiger partial charge in [-0.25, -0.2) is 9.97 Å². The van der Waals surface area contributed by atoms with Crippen molar-refractivity contribution in [2.24, 2.45) is 0 Å². The maximum atomic E-state index is 4.87. The zero-order valence-corrected chi connectivity index (χ0v) is 16.4. The Kier molecular flexibility index (Phi) is 4.44. The molecule has 0 radical (unpaired) electrons. The minimum Gasteiger partial charge on any atom is -0.298 e. The molecule has 3 heterocycles. The Bertz CT molecular complexity index is 964. The number of pyridine rings is 1. The number of likely N-dealkylation sites (tertiary alicyclic amines) is 1. The Labute approximate surface area is 166 Å². The van der Waals surface area contributed by atoms with Crippen molar-refractivity contribution < 1.29 is 0 Å². The van der Waals surface area contributed by atoms with Crippen molar-refractivity contribution in [2.45, 2.75) is 44.6 Å². The van der Waals surface area contributed by atoms with E-state index in [0.29, 0.717) is 0 Å². The van der Waals surface area contributed by atoms with Gasteiger partial charge in [-0.05, 0) is 62.4 Å². The zero-order chi connectivity index (χ0) is 19.0. The number of rotatable bonds is 3. The van der Waals surface area contributed by atoms with E-state index in [-0.39, 0.29) is 5.41 Å². The molecule has 5 rings (SSSR count). The van der Waals surface area contributed by atoms with E-state index in [9.17, 15) is 0 Å². The second-order valence-corrected chi connectivity index (χ2v) is 8.30. The van der Waals surface area contributed by atoms with Gasteiger partial charge in [0.2, 0.25) is 0 Å². The highest BCUT2D eigenvalue weighted by atomic mass is 15.1. The molecule has 2 aliphatic rings. The van der Waals surface area contributed by atoms with E-state index in [0.717, 1.165) is 31.0 Å². The lowest BCUT2D eigenvalue weighted by Gasteiger charge is -2.40. The van der Waals surface area contributed by atoms with Crippen LogP contribution in [0, 0.1) is 6.92 Å². The van der Waals surface area contributed by atoms with Gasteiger partial charge in [0.1, 0.15) is 5.82 Å². The monoisotopic (exact) mass is 370 g/mol. The molecule has 142 valence electrons. The van der Waals surface area contributed by atoms with Crippen LogP contribution in [0.15, 0.2) is 54.9 Å². The SMILES string of the molecule is Cc1ncc2c(n1)C1(CCCN(Cc3ccc(-c4ccccn4)cc3)C1)CC2. The fraction of sp³-hybridized carbons (Fsp3) is 0.375. The van der Waals surface area contributed by atoms with Crippen LogP contribution in [0.4, 0.5) is 0 Å². The molecule has 4 heteroatoms. The lowest BCUT2D eigenvalue weighted by Crippen LogP contribution is -2.45. The van der Waals surface area contributed by atoms with E-state index in [1.54, 1.807) is 0 Å². The van der Waals surface area contributed by atoms with Gasteiger partial charge in [0.15, 0.2) is 0 Å². The van der Waals surface area contributed by atoms with E-state index < -0.39 is 0 Å². The molecule has 1 fully saturated rings. The first kappa shape index (κ1) is 17.5. The lowest BCUT2D eigenvalue weighted by molar-refractivity contribution is 0.136. The van der Waals surface area contributed by atoms with Crippen molar-refractivity contribution in [3.05, 3.63) is 77.5 Å². The summed E-state index contributed by atoms with van der Waals surface area (Å²) < 4.78 is 0. The third-order valence-corrected chi connectivity index (χ3v) is 6.34. The van der Waals surface area contributed by atoms with Crippen LogP contribution in [0.2, 0.25) is 0 Å². The summed E-state index contributed by atoms with van der Waals surface area (Å²) in [5.74, 6) is 0.905. The maximum absolute atomic E-state index is 4.87. The molecule has 1 spiro atoms. The van der Waals surface area contributed by atoms with Crippen LogP contribution >= 0.6 is 0 Å². The van der Waals surface area contributed by atoms with Gasteiger partial charge in [-0.15, -0.1) is 0 Å². The van der Waals surface area contributed by atoms with Crippen molar-refractivity contribution >= 4 is 0 Å². The van der Waals surface area contributed by atoms with Crippen molar-refractivity contribution in [2.75, 3.05) is 13.1 Å². The molecule has 28 heavy (non-hydrogen) atoms. The maximum Gasteiger partial charge on any atom is 0.125 e. The molecular weight excluding hydrogens is 344 g/mol. The molecule has 1 aliphatic heterocycles. The number of aryl methyl sites for hydroxylation is 2. The Morgan fingerprint density at radius 1 is 1.04 bits per heavy atom. The number of fused-ring (bicyclic) bond motifs is 2. The first-order valence-corrected chi connectivity index (χ1v) is 10.3. The second kappa shape index (κ2) is 7.10. The zero-order valence-electron chi connectivity index (χ0n) is 16.4. The van der Waals surface area contributed by atoms with Gasteiger partial charge >= 0.3 is 0 Å². The Balaban J connectivity index is 1.33. The standard InChI is InChI=1S/C24H26N4/c1-18-26-15-21-10-12-24(23(21)27-18)11-4-14-28(17-24)16-19-6-8-20(9-7-19)22-5-2-3-13-25-22/h2-3,5-9,13,15H,4,10-12,14,16-17H2,1H3. The minimum atomic E-state index is 0.231. The topological polar surface area (TPSA) is 41.9 Å². The quantitative estimate of drug-likeness (QED) is 0.688. The number of hydrogen-bond donors (Lipinski definition) is 0. The van der Waals surface area contributed by atoms with Gasteiger partial charge in [-0.2, -0.15) is 0 Å². The summed E-state index contributed by atoms with van der Waals surface area (Å²) in [4.78, 5) is 16.4. The van der Waals surface area contributed by atoms with Crippen LogP contribution in [0.3, 0.4) is 0 Å². The predicted octanol–water partition coefficient (Wildman–Crippen LogP) is 4.33. The number of piperidine rings is 1. The molecule has 3 aromatic rings. The van der Waals surface area contributed by atoms with Crippen molar-refractivity contribution in [1.29, 1.82) is 0 Å². The summed E-state index contributed by atoms with van der Waals surface area (Å²) in [5.41, 5.74) is 6.51. The van der Waals surface area contributed by atoms with Gasteiger partial charge in [-0.1, -0.05) is 30.3 Å². The highest BCUT2D eigenvalue weighted by Gasteiger charge is 2.43. The molecule has 1 aromatic carbocycles. The summed E-state index contributed by atoms with van der Waals surface area (Å²) in [6.45, 7) is 5.29. The van der Waals surface area contributed by atoms with Crippen LogP contribution < -0.4 is 0 Å². The molecular formula is C24H26N4. The first-order valence-electron chi connectivity index (χ1n) is 10.3. The van der Waals surface area contributed by atoms with Crippen LogP contribution in [0.1, 0.15) is 41.9 Å². The molecule has 1 saturated heterocycles. The van der Waals surface area contributed by atoms with Crippen LogP contribution in [0.5, 0.6) is 0 Å². The molecule has 0 saturated carbocycles. The molecule has 0 N–H and O–H groups in total. The fourth-order valence-corrected chi connectivity index (χ4v) is 4.96. The first-order chi connectivity index (χ1) is 13.7. The average Bonchev–Trinajstić information content (AvgIpc) is 3.06. The molecule has 0 amide bonds. The van der Waals surface area contributed by atoms with Gasteiger partial charge in [0.25, 0.3) is 0 Å². The third kappa shape index (κ3) is 3.22. The third-order valence-electron chi connectivity index (χ3n) is 6.34. The van der Waals surface area contributed by atoms with E-state index in [4.69, 9.17) is 4.98 Å². The van der Waals surface area contributed by atoms with Crippen LogP contribution in [0.25, 0.3) is 11.3 Å². The molecule has 1 atom stereocenters. The second-order valence-electron chi connectivity index (χ2n) is 8.30. The van der Waals surface area contributed by atoms with Gasteiger partial charge in [0.05, 0.1) is 11.4 Å². The lowest BCUT2D eigenvalue weighted by atomic mass is 9.77. The van der Waals surface area contributed by atoms with Crippen LogP contribution in [-0.4, -0.2) is 32.9 Å². The summed E-state index contributed by atoms with van der Waals surface area (Å²) in [6.07, 6.45) is 8.75. The summed E-state index contributed by atoms with van der Waals surface area (Å²) in [7, 11) is 0. The molecule has 1 unspecified atom stereocenters. The number of hydrogen-bond acceptors (Lipinski definition) is 4.